The minimum Gasteiger partial charge on any atom is -0.350 e. The van der Waals surface area contributed by atoms with Crippen LogP contribution < -0.4 is 11.2 Å². The molecule has 0 aromatic carbocycles. The third-order valence-electron chi connectivity index (χ3n) is 1.49. The highest BCUT2D eigenvalue weighted by Gasteiger charge is 2.01. The molecule has 1 aromatic heterocycles. The molecule has 0 aliphatic rings. The van der Waals surface area contributed by atoms with E-state index in [2.05, 4.69) is 10.5 Å². The van der Waals surface area contributed by atoms with Crippen molar-refractivity contribution in [2.24, 2.45) is 10.8 Å². The van der Waals surface area contributed by atoms with E-state index in [1.165, 1.54) is 0 Å². The zero-order valence-electron chi connectivity index (χ0n) is 7.28. The second-order valence-electron chi connectivity index (χ2n) is 2.40. The van der Waals surface area contributed by atoms with Crippen LogP contribution in [0.5, 0.6) is 0 Å². The number of carbonyl (C=O) groups is 1. The summed E-state index contributed by atoms with van der Waals surface area (Å²) in [4.78, 5) is 10.4. The van der Waals surface area contributed by atoms with Crippen LogP contribution in [-0.4, -0.2) is 11.7 Å². The van der Waals surface area contributed by atoms with Crippen LogP contribution >= 0.6 is 11.3 Å². The van der Waals surface area contributed by atoms with Gasteiger partial charge in [0.2, 0.25) is 0 Å². The Morgan fingerprint density at radius 3 is 3.00 bits per heavy atom. The summed E-state index contributed by atoms with van der Waals surface area (Å²) in [6.07, 6.45) is 0.761. The van der Waals surface area contributed by atoms with Crippen LogP contribution in [-0.2, 0) is 0 Å². The highest BCUT2D eigenvalue weighted by molar-refractivity contribution is 7.08. The molecular formula is C8H11N3OS. The quantitative estimate of drug-likeness (QED) is 0.560. The fourth-order valence-corrected chi connectivity index (χ4v) is 1.56. The van der Waals surface area contributed by atoms with Crippen molar-refractivity contribution in [2.75, 3.05) is 0 Å². The first-order chi connectivity index (χ1) is 6.24. The maximum absolute atomic E-state index is 10.4. The molecule has 0 unspecified atom stereocenters. The highest BCUT2D eigenvalue weighted by Crippen LogP contribution is 2.08. The van der Waals surface area contributed by atoms with Gasteiger partial charge < -0.3 is 5.73 Å². The zero-order valence-corrected chi connectivity index (χ0v) is 8.10. The molecular weight excluding hydrogens is 186 g/mol. The van der Waals surface area contributed by atoms with E-state index >= 15 is 0 Å². The number of rotatable bonds is 3. The van der Waals surface area contributed by atoms with Crippen LogP contribution in [0.15, 0.2) is 21.9 Å². The summed E-state index contributed by atoms with van der Waals surface area (Å²) in [5, 5.41) is 7.82. The first-order valence-corrected chi connectivity index (χ1v) is 4.83. The molecule has 0 aliphatic heterocycles. The summed E-state index contributed by atoms with van der Waals surface area (Å²) < 4.78 is 0. The molecule has 1 rings (SSSR count). The summed E-state index contributed by atoms with van der Waals surface area (Å²) in [5.74, 6) is 0. The second kappa shape index (κ2) is 4.61. The van der Waals surface area contributed by atoms with Gasteiger partial charge in [-0.25, -0.2) is 10.2 Å². The average Bonchev–Trinajstić information content (AvgIpc) is 2.58. The third kappa shape index (κ3) is 2.87. The van der Waals surface area contributed by atoms with Crippen LogP contribution in [0.1, 0.15) is 18.9 Å². The number of hydrogen-bond donors (Lipinski definition) is 2. The molecule has 70 valence electrons. The normalized spacial score (nSPS) is 11.3. The number of hydrogen-bond acceptors (Lipinski definition) is 3. The van der Waals surface area contributed by atoms with Gasteiger partial charge in [-0.15, -0.1) is 0 Å². The second-order valence-corrected chi connectivity index (χ2v) is 3.18. The number of thiophene rings is 1. The summed E-state index contributed by atoms with van der Waals surface area (Å²) >= 11 is 1.59. The molecule has 1 aromatic rings. The van der Waals surface area contributed by atoms with Crippen LogP contribution in [0.2, 0.25) is 0 Å². The molecule has 0 saturated heterocycles. The predicted octanol–water partition coefficient (Wildman–Crippen LogP) is 1.53. The lowest BCUT2D eigenvalue weighted by molar-refractivity contribution is 0.249. The Morgan fingerprint density at radius 1 is 1.77 bits per heavy atom. The number of hydrazone groups is 1. The SMILES string of the molecule is CC/C(=N\NC(N)=O)c1ccsc1. The Bertz CT molecular complexity index is 305. The van der Waals surface area contributed by atoms with Gasteiger partial charge in [-0.3, -0.25) is 0 Å². The summed E-state index contributed by atoms with van der Waals surface area (Å²) in [7, 11) is 0. The predicted molar refractivity (Wildman–Crippen MR) is 53.9 cm³/mol. The van der Waals surface area contributed by atoms with Crippen molar-refractivity contribution in [3.8, 4) is 0 Å². The molecule has 5 heteroatoms. The van der Waals surface area contributed by atoms with Crippen LogP contribution in [0.4, 0.5) is 4.79 Å². The zero-order chi connectivity index (χ0) is 9.68. The molecule has 2 amide bonds. The smallest absolute Gasteiger partial charge is 0.332 e. The molecule has 4 nitrogen and oxygen atoms in total. The van der Waals surface area contributed by atoms with Gasteiger partial charge in [-0.05, 0) is 23.2 Å². The fourth-order valence-electron chi connectivity index (χ4n) is 0.899. The number of nitrogens with one attached hydrogen (secondary N) is 1. The van der Waals surface area contributed by atoms with Crippen LogP contribution in [0.25, 0.3) is 0 Å². The number of urea groups is 1. The standard InChI is InChI=1S/C8H11N3OS/c1-2-7(10-11-8(9)12)6-3-4-13-5-6/h3-5H,2H2,1H3,(H3,9,11,12)/b10-7+. The number of primary amides is 1. The van der Waals surface area contributed by atoms with E-state index in [1.807, 2.05) is 23.8 Å². The first kappa shape index (κ1) is 9.73. The van der Waals surface area contributed by atoms with Crippen molar-refractivity contribution in [1.29, 1.82) is 0 Å². The van der Waals surface area contributed by atoms with Crippen molar-refractivity contribution in [3.05, 3.63) is 22.4 Å². The van der Waals surface area contributed by atoms with Gasteiger partial charge in [0.15, 0.2) is 0 Å². The van der Waals surface area contributed by atoms with Gasteiger partial charge in [0.05, 0.1) is 5.71 Å². The minimum absolute atomic E-state index is 0.638. The lowest BCUT2D eigenvalue weighted by Gasteiger charge is -1.99. The van der Waals surface area contributed by atoms with E-state index in [4.69, 9.17) is 5.73 Å². The molecule has 0 aliphatic carbocycles. The van der Waals surface area contributed by atoms with E-state index in [0.717, 1.165) is 17.7 Å². The van der Waals surface area contributed by atoms with Crippen LogP contribution in [0, 0.1) is 0 Å². The van der Waals surface area contributed by atoms with Gasteiger partial charge in [0.1, 0.15) is 0 Å². The average molecular weight is 197 g/mol. The van der Waals surface area contributed by atoms with Gasteiger partial charge >= 0.3 is 6.03 Å². The summed E-state index contributed by atoms with van der Waals surface area (Å²) in [5.41, 5.74) is 8.97. The minimum atomic E-state index is -0.638. The van der Waals surface area contributed by atoms with Crippen LogP contribution in [0.3, 0.4) is 0 Å². The van der Waals surface area contributed by atoms with Crippen molar-refractivity contribution >= 4 is 23.1 Å². The van der Waals surface area contributed by atoms with Crippen molar-refractivity contribution in [3.63, 3.8) is 0 Å². The van der Waals surface area contributed by atoms with Crippen molar-refractivity contribution in [1.82, 2.24) is 5.43 Å². The molecule has 0 fully saturated rings. The van der Waals surface area contributed by atoms with Gasteiger partial charge in [-0.1, -0.05) is 6.92 Å². The number of amides is 2. The van der Waals surface area contributed by atoms with Gasteiger partial charge in [0, 0.05) is 5.56 Å². The first-order valence-electron chi connectivity index (χ1n) is 3.88. The van der Waals surface area contributed by atoms with E-state index in [-0.39, 0.29) is 0 Å². The van der Waals surface area contributed by atoms with Crippen molar-refractivity contribution < 1.29 is 4.79 Å². The van der Waals surface area contributed by atoms with Crippen molar-refractivity contribution in [2.45, 2.75) is 13.3 Å². The Labute approximate surface area is 80.4 Å². The van der Waals surface area contributed by atoms with Gasteiger partial charge in [0.25, 0.3) is 0 Å². The topological polar surface area (TPSA) is 67.5 Å². The maximum atomic E-state index is 10.4. The Kier molecular flexibility index (Phi) is 3.45. The summed E-state index contributed by atoms with van der Waals surface area (Å²) in [6.45, 7) is 1.97. The highest BCUT2D eigenvalue weighted by atomic mass is 32.1. The third-order valence-corrected chi connectivity index (χ3v) is 2.17. The number of nitrogens with zero attached hydrogens (tertiary/aromatic N) is 1. The molecule has 0 saturated carbocycles. The molecule has 1 heterocycles. The molecule has 3 N–H and O–H groups in total. The molecule has 0 atom stereocenters. The monoisotopic (exact) mass is 197 g/mol. The van der Waals surface area contributed by atoms with E-state index < -0.39 is 6.03 Å². The molecule has 0 bridgehead atoms. The lowest BCUT2D eigenvalue weighted by Crippen LogP contribution is -2.25. The maximum Gasteiger partial charge on any atom is 0.332 e. The van der Waals surface area contributed by atoms with E-state index in [9.17, 15) is 4.79 Å². The number of nitrogens with two attached hydrogens (primary N) is 1. The molecule has 13 heavy (non-hydrogen) atoms. The Morgan fingerprint density at radius 2 is 2.54 bits per heavy atom. The number of carbonyl (C=O) groups excluding carboxylic acids is 1. The summed E-state index contributed by atoms with van der Waals surface area (Å²) in [6, 6.07) is 1.32. The van der Waals surface area contributed by atoms with E-state index in [0.29, 0.717) is 0 Å². The van der Waals surface area contributed by atoms with Gasteiger partial charge in [-0.2, -0.15) is 16.4 Å². The molecule has 0 spiro atoms. The largest absolute Gasteiger partial charge is 0.350 e. The Hall–Kier alpha value is -1.36. The fraction of sp³-hybridized carbons (Fsp3) is 0.250. The molecule has 0 radical (unpaired) electrons. The van der Waals surface area contributed by atoms with E-state index in [1.54, 1.807) is 11.3 Å². The Balaban J connectivity index is 2.73. The lowest BCUT2D eigenvalue weighted by atomic mass is 10.2.